The van der Waals surface area contributed by atoms with Crippen LogP contribution in [0.1, 0.15) is 27.2 Å². The molecule has 0 bridgehead atoms. The van der Waals surface area contributed by atoms with Gasteiger partial charge in [0.15, 0.2) is 0 Å². The Kier molecular flexibility index (Phi) is 6.87. The normalized spacial score (nSPS) is 16.1. The molecule has 1 N–H and O–H groups in total. The number of halogens is 2. The fourth-order valence-electron chi connectivity index (χ4n) is 4.00. The number of methoxy groups -OCH3 is 2. The summed E-state index contributed by atoms with van der Waals surface area (Å²) in [5.41, 5.74) is 2.78. The van der Waals surface area contributed by atoms with E-state index in [9.17, 15) is 4.79 Å². The third kappa shape index (κ3) is 5.20. The van der Waals surface area contributed by atoms with Crippen molar-refractivity contribution in [2.75, 3.05) is 32.2 Å². The van der Waals surface area contributed by atoms with Gasteiger partial charge in [0, 0.05) is 43.2 Å². The maximum Gasteiger partial charge on any atom is 0.407 e. The molecule has 1 aromatic carbocycles. The summed E-state index contributed by atoms with van der Waals surface area (Å²) < 4.78 is 19.1. The summed E-state index contributed by atoms with van der Waals surface area (Å²) >= 11 is 10.1. The summed E-state index contributed by atoms with van der Waals surface area (Å²) in [7, 11) is 3.17. The number of carbonyl (C=O) groups is 1. The number of carbonyl (C=O) groups excluding carboxylic acids is 1. The van der Waals surface area contributed by atoms with Crippen molar-refractivity contribution < 1.29 is 19.0 Å². The summed E-state index contributed by atoms with van der Waals surface area (Å²) in [5.74, 6) is 1.17. The van der Waals surface area contributed by atoms with Gasteiger partial charge in [0.1, 0.15) is 22.7 Å². The zero-order chi connectivity index (χ0) is 24.6. The van der Waals surface area contributed by atoms with Gasteiger partial charge < -0.3 is 28.8 Å². The molecule has 8 nitrogen and oxygen atoms in total. The van der Waals surface area contributed by atoms with E-state index in [0.29, 0.717) is 23.1 Å². The molecule has 0 spiro atoms. The first kappa shape index (κ1) is 24.5. The molecule has 0 aliphatic carbocycles. The first-order valence-electron chi connectivity index (χ1n) is 10.9. The highest BCUT2D eigenvalue weighted by Crippen LogP contribution is 2.39. The fraction of sp³-hybridized carbons (Fsp3) is 0.417. The van der Waals surface area contributed by atoms with Crippen molar-refractivity contribution in [1.82, 2.24) is 14.7 Å². The average Bonchev–Trinajstić information content (AvgIpc) is 3.37. The Morgan fingerprint density at radius 3 is 2.59 bits per heavy atom. The number of nitrogens with one attached hydrogen (secondary N) is 1. The summed E-state index contributed by atoms with van der Waals surface area (Å²) in [6.45, 7) is 7.06. The van der Waals surface area contributed by atoms with Crippen LogP contribution in [-0.2, 0) is 4.74 Å². The third-order valence-corrected chi connectivity index (χ3v) is 6.43. The van der Waals surface area contributed by atoms with Crippen molar-refractivity contribution in [2.45, 2.75) is 38.8 Å². The van der Waals surface area contributed by atoms with Crippen molar-refractivity contribution in [2.24, 2.45) is 0 Å². The summed E-state index contributed by atoms with van der Waals surface area (Å²) in [4.78, 5) is 19.2. The van der Waals surface area contributed by atoms with Crippen LogP contribution in [0, 0.1) is 0 Å². The summed E-state index contributed by atoms with van der Waals surface area (Å²) in [5, 5.41) is 3.45. The van der Waals surface area contributed by atoms with E-state index in [1.165, 1.54) is 0 Å². The predicted molar refractivity (Wildman–Crippen MR) is 136 cm³/mol. The first-order valence-corrected chi connectivity index (χ1v) is 12.1. The SMILES string of the molecule is COc1cc(OC)c(-c2cn3cc(Br)c(N4CC[C@H](NC(=O)OC(C)(C)C)C4)cc3n2)cc1Cl. The van der Waals surface area contributed by atoms with Crippen molar-refractivity contribution in [3.63, 3.8) is 0 Å². The second-order valence-corrected chi connectivity index (χ2v) is 10.4. The Morgan fingerprint density at radius 1 is 1.18 bits per heavy atom. The Labute approximate surface area is 212 Å². The Morgan fingerprint density at radius 2 is 1.91 bits per heavy atom. The van der Waals surface area contributed by atoms with Crippen LogP contribution in [0.15, 0.2) is 35.1 Å². The lowest BCUT2D eigenvalue weighted by Gasteiger charge is -2.23. The molecule has 34 heavy (non-hydrogen) atoms. The second kappa shape index (κ2) is 9.54. The van der Waals surface area contributed by atoms with Crippen LogP contribution in [0.25, 0.3) is 16.9 Å². The smallest absolute Gasteiger partial charge is 0.407 e. The number of fused-ring (bicyclic) bond motifs is 1. The van der Waals surface area contributed by atoms with Gasteiger partial charge in [0.05, 0.1) is 41.1 Å². The highest BCUT2D eigenvalue weighted by atomic mass is 79.9. The van der Waals surface area contributed by atoms with Crippen LogP contribution >= 0.6 is 27.5 Å². The van der Waals surface area contributed by atoms with Crippen LogP contribution in [0.4, 0.5) is 10.5 Å². The fourth-order valence-corrected chi connectivity index (χ4v) is 4.83. The molecular weight excluding hydrogens is 524 g/mol. The first-order chi connectivity index (χ1) is 16.1. The molecule has 1 saturated heterocycles. The van der Waals surface area contributed by atoms with Gasteiger partial charge in [-0.3, -0.25) is 0 Å². The number of alkyl carbamates (subject to hydrolysis) is 1. The predicted octanol–water partition coefficient (Wildman–Crippen LogP) is 5.54. The lowest BCUT2D eigenvalue weighted by atomic mass is 10.1. The molecule has 0 radical (unpaired) electrons. The number of pyridine rings is 1. The van der Waals surface area contributed by atoms with Gasteiger partial charge in [0.2, 0.25) is 0 Å². The number of benzene rings is 1. The number of imidazole rings is 1. The molecule has 1 fully saturated rings. The number of nitrogens with zero attached hydrogens (tertiary/aromatic N) is 3. The number of ether oxygens (including phenoxy) is 3. The number of hydrogen-bond acceptors (Lipinski definition) is 6. The number of hydrogen-bond donors (Lipinski definition) is 1. The third-order valence-electron chi connectivity index (χ3n) is 5.52. The highest BCUT2D eigenvalue weighted by Gasteiger charge is 2.28. The quantitative estimate of drug-likeness (QED) is 0.449. The van der Waals surface area contributed by atoms with Gasteiger partial charge in [0.25, 0.3) is 0 Å². The highest BCUT2D eigenvalue weighted by molar-refractivity contribution is 9.10. The van der Waals surface area contributed by atoms with E-state index >= 15 is 0 Å². The molecule has 1 atom stereocenters. The number of aromatic nitrogens is 2. The number of anilines is 1. The van der Waals surface area contributed by atoms with Crippen LogP contribution in [-0.4, -0.2) is 54.4 Å². The van der Waals surface area contributed by atoms with Gasteiger partial charge >= 0.3 is 6.09 Å². The molecular formula is C24H28BrClN4O4. The van der Waals surface area contributed by atoms with Gasteiger partial charge in [-0.1, -0.05) is 11.6 Å². The largest absolute Gasteiger partial charge is 0.496 e. The molecule has 10 heteroatoms. The summed E-state index contributed by atoms with van der Waals surface area (Å²) in [6, 6.07) is 5.59. The standard InChI is InChI=1S/C24H28BrClN4O4/c1-24(2,3)34-23(31)27-14-6-7-29(11-14)19-9-22-28-18(13-30(22)12-16(19)25)15-8-17(26)21(33-5)10-20(15)32-4/h8-10,12-14H,6-7,11H2,1-5H3,(H,27,31)/t14-/m0/s1. The Hall–Kier alpha value is -2.65. The van der Waals surface area contributed by atoms with E-state index in [-0.39, 0.29) is 12.1 Å². The lowest BCUT2D eigenvalue weighted by molar-refractivity contribution is 0.0509. The maximum absolute atomic E-state index is 12.2. The van der Waals surface area contributed by atoms with Crippen LogP contribution < -0.4 is 19.7 Å². The van der Waals surface area contributed by atoms with Crippen LogP contribution in [0.5, 0.6) is 11.5 Å². The average molecular weight is 552 g/mol. The molecule has 2 aromatic heterocycles. The van der Waals surface area contributed by atoms with Crippen LogP contribution in [0.3, 0.4) is 0 Å². The van der Waals surface area contributed by atoms with E-state index in [1.807, 2.05) is 43.6 Å². The Bertz CT molecular complexity index is 1220. The van der Waals surface area contributed by atoms with Gasteiger partial charge in [-0.2, -0.15) is 0 Å². The molecule has 0 unspecified atom stereocenters. The van der Waals surface area contributed by atoms with Crippen LogP contribution in [0.2, 0.25) is 5.02 Å². The minimum Gasteiger partial charge on any atom is -0.496 e. The van der Waals surface area contributed by atoms with E-state index in [0.717, 1.165) is 40.0 Å². The zero-order valence-electron chi connectivity index (χ0n) is 19.8. The number of amides is 1. The van der Waals surface area contributed by atoms with Gasteiger partial charge in [-0.15, -0.1) is 0 Å². The topological polar surface area (TPSA) is 77.3 Å². The molecule has 1 aliphatic rings. The van der Waals surface area contributed by atoms with Crippen molar-refractivity contribution >= 4 is 45.0 Å². The minimum atomic E-state index is -0.522. The molecule has 1 amide bonds. The summed E-state index contributed by atoms with van der Waals surface area (Å²) in [6.07, 6.45) is 4.35. The van der Waals surface area contributed by atoms with E-state index < -0.39 is 5.60 Å². The number of rotatable bonds is 5. The monoisotopic (exact) mass is 550 g/mol. The van der Waals surface area contributed by atoms with E-state index in [1.54, 1.807) is 26.4 Å². The Balaban J connectivity index is 1.58. The van der Waals surface area contributed by atoms with Gasteiger partial charge in [-0.25, -0.2) is 9.78 Å². The molecule has 182 valence electrons. The van der Waals surface area contributed by atoms with Crippen molar-refractivity contribution in [3.05, 3.63) is 40.1 Å². The molecule has 4 rings (SSSR count). The lowest BCUT2D eigenvalue weighted by Crippen LogP contribution is -2.40. The molecule has 3 heterocycles. The van der Waals surface area contributed by atoms with Crippen molar-refractivity contribution in [3.8, 4) is 22.8 Å². The molecule has 1 aliphatic heterocycles. The minimum absolute atomic E-state index is 0.0129. The second-order valence-electron chi connectivity index (χ2n) is 9.16. The zero-order valence-corrected chi connectivity index (χ0v) is 22.2. The van der Waals surface area contributed by atoms with Gasteiger partial charge in [-0.05, 0) is 49.2 Å². The molecule has 0 saturated carbocycles. The maximum atomic E-state index is 12.2. The van der Waals surface area contributed by atoms with E-state index in [2.05, 4.69) is 26.1 Å². The van der Waals surface area contributed by atoms with E-state index in [4.69, 9.17) is 30.8 Å². The van der Waals surface area contributed by atoms with Crippen molar-refractivity contribution in [1.29, 1.82) is 0 Å². The molecule has 3 aromatic rings.